The summed E-state index contributed by atoms with van der Waals surface area (Å²) in [7, 11) is 1.91. The van der Waals surface area contributed by atoms with Crippen LogP contribution in [0.25, 0.3) is 0 Å². The number of hydrogen-bond donors (Lipinski definition) is 0. The Morgan fingerprint density at radius 1 is 1.10 bits per heavy atom. The number of aryl methyl sites for hydroxylation is 1. The zero-order valence-corrected chi connectivity index (χ0v) is 16.6. The molecule has 0 unspecified atom stereocenters. The van der Waals surface area contributed by atoms with E-state index in [1.165, 1.54) is 12.1 Å². The van der Waals surface area contributed by atoms with Gasteiger partial charge < -0.3 is 4.74 Å². The number of hydrogen-bond acceptors (Lipinski definition) is 4. The minimum Gasteiger partial charge on any atom is -0.369 e. The first-order valence-corrected chi connectivity index (χ1v) is 9.82. The lowest BCUT2D eigenvalue weighted by Crippen LogP contribution is -2.38. The van der Waals surface area contributed by atoms with E-state index in [0.29, 0.717) is 18.8 Å². The summed E-state index contributed by atoms with van der Waals surface area (Å²) in [6, 6.07) is 13.1. The molecule has 30 heavy (non-hydrogen) atoms. The van der Waals surface area contributed by atoms with Crippen LogP contribution in [0.4, 0.5) is 13.2 Å². The van der Waals surface area contributed by atoms with Crippen LogP contribution in [-0.4, -0.2) is 39.4 Å². The van der Waals surface area contributed by atoms with Crippen molar-refractivity contribution in [3.63, 3.8) is 0 Å². The molecule has 1 aromatic carbocycles. The van der Waals surface area contributed by atoms with E-state index >= 15 is 0 Å². The summed E-state index contributed by atoms with van der Waals surface area (Å²) in [6.07, 6.45) is -2.70. The molecule has 0 amide bonds. The Morgan fingerprint density at radius 3 is 2.70 bits per heavy atom. The first-order chi connectivity index (χ1) is 14.4. The van der Waals surface area contributed by atoms with Gasteiger partial charge in [0.25, 0.3) is 0 Å². The van der Waals surface area contributed by atoms with Crippen LogP contribution in [0.1, 0.15) is 34.3 Å². The third kappa shape index (κ3) is 4.71. The molecular weight excluding hydrogens is 393 g/mol. The summed E-state index contributed by atoms with van der Waals surface area (Å²) >= 11 is 0. The van der Waals surface area contributed by atoms with Gasteiger partial charge in [-0.15, -0.1) is 0 Å². The Hall–Kier alpha value is -2.71. The van der Waals surface area contributed by atoms with Crippen molar-refractivity contribution in [2.45, 2.75) is 25.2 Å². The highest BCUT2D eigenvalue weighted by Gasteiger charge is 2.33. The fourth-order valence-corrected chi connectivity index (χ4v) is 3.73. The molecular formula is C22H23F3N4O. The van der Waals surface area contributed by atoms with E-state index in [2.05, 4.69) is 15.0 Å². The summed E-state index contributed by atoms with van der Waals surface area (Å²) in [4.78, 5) is 6.90. The quantitative estimate of drug-likeness (QED) is 0.631. The van der Waals surface area contributed by atoms with Crippen LogP contribution >= 0.6 is 0 Å². The number of aromatic nitrogens is 3. The average Bonchev–Trinajstić information content (AvgIpc) is 3.12. The number of nitrogens with zero attached hydrogens (tertiary/aromatic N) is 4. The Morgan fingerprint density at radius 2 is 1.93 bits per heavy atom. The van der Waals surface area contributed by atoms with E-state index in [1.54, 1.807) is 18.3 Å². The molecule has 0 radical (unpaired) electrons. The molecule has 0 spiro atoms. The Labute approximate surface area is 173 Å². The van der Waals surface area contributed by atoms with Crippen molar-refractivity contribution >= 4 is 0 Å². The first-order valence-electron chi connectivity index (χ1n) is 9.82. The van der Waals surface area contributed by atoms with Gasteiger partial charge in [-0.05, 0) is 29.8 Å². The van der Waals surface area contributed by atoms with Gasteiger partial charge in [-0.25, -0.2) is 0 Å². The van der Waals surface area contributed by atoms with Crippen LogP contribution in [0.2, 0.25) is 0 Å². The summed E-state index contributed by atoms with van der Waals surface area (Å²) in [5.41, 5.74) is 2.05. The molecule has 0 saturated carbocycles. The number of morpholine rings is 1. The highest BCUT2D eigenvalue weighted by atomic mass is 19.4. The zero-order chi connectivity index (χ0) is 21.1. The number of halogens is 3. The fourth-order valence-electron chi connectivity index (χ4n) is 3.73. The third-order valence-electron chi connectivity index (χ3n) is 5.31. The molecule has 3 heterocycles. The van der Waals surface area contributed by atoms with Gasteiger partial charge in [0.1, 0.15) is 6.10 Å². The van der Waals surface area contributed by atoms with Crippen LogP contribution < -0.4 is 0 Å². The van der Waals surface area contributed by atoms with Gasteiger partial charge >= 0.3 is 6.18 Å². The molecule has 158 valence electrons. The number of alkyl halides is 3. The van der Waals surface area contributed by atoms with Crippen molar-refractivity contribution < 1.29 is 17.9 Å². The minimum atomic E-state index is -4.38. The smallest absolute Gasteiger partial charge is 0.369 e. The Bertz CT molecular complexity index is 1000. The Balaban J connectivity index is 1.49. The van der Waals surface area contributed by atoms with Gasteiger partial charge in [0.15, 0.2) is 0 Å². The highest BCUT2D eigenvalue weighted by Crippen LogP contribution is 2.33. The minimum absolute atomic E-state index is 0.120. The van der Waals surface area contributed by atoms with Crippen LogP contribution in [0, 0.1) is 0 Å². The second-order valence-corrected chi connectivity index (χ2v) is 7.43. The van der Waals surface area contributed by atoms with Gasteiger partial charge in [-0.3, -0.25) is 14.6 Å². The van der Waals surface area contributed by atoms with Gasteiger partial charge in [-0.1, -0.05) is 24.3 Å². The Kier molecular flexibility index (Phi) is 5.87. The fraction of sp³-hybridized carbons (Fsp3) is 0.364. The van der Waals surface area contributed by atoms with Crippen molar-refractivity contribution in [3.05, 3.63) is 82.9 Å². The van der Waals surface area contributed by atoms with E-state index in [4.69, 9.17) is 4.74 Å². The van der Waals surface area contributed by atoms with Gasteiger partial charge in [0, 0.05) is 45.0 Å². The predicted molar refractivity (Wildman–Crippen MR) is 106 cm³/mol. The van der Waals surface area contributed by atoms with Crippen molar-refractivity contribution in [3.8, 4) is 0 Å². The number of rotatable bonds is 5. The second-order valence-electron chi connectivity index (χ2n) is 7.43. The molecule has 1 aliphatic rings. The standard InChI is InChI=1S/C22H23F3N4O/c1-28-18(9-10-26-28)14-29-11-12-30-21(15-29)20-8-4-6-17(27-20)13-16-5-2-3-7-19(16)22(23,24)25/h2-10,21H,11-15H2,1H3/t21-/m1/s1. The molecule has 1 saturated heterocycles. The predicted octanol–water partition coefficient (Wildman–Crippen LogP) is 4.00. The maximum atomic E-state index is 13.3. The number of benzene rings is 1. The summed E-state index contributed by atoms with van der Waals surface area (Å²) in [5, 5.41) is 4.20. The molecule has 0 N–H and O–H groups in total. The molecule has 1 fully saturated rings. The molecule has 5 nitrogen and oxygen atoms in total. The molecule has 1 aliphatic heterocycles. The van der Waals surface area contributed by atoms with Crippen LogP contribution in [-0.2, 0) is 30.9 Å². The van der Waals surface area contributed by atoms with Gasteiger partial charge in [0.2, 0.25) is 0 Å². The second kappa shape index (κ2) is 8.57. The summed E-state index contributed by atoms with van der Waals surface area (Å²) in [6.45, 7) is 2.81. The lowest BCUT2D eigenvalue weighted by molar-refractivity contribution is -0.138. The summed E-state index contributed by atoms with van der Waals surface area (Å²) in [5.74, 6) is 0. The lowest BCUT2D eigenvalue weighted by Gasteiger charge is -2.32. The van der Waals surface area contributed by atoms with Crippen molar-refractivity contribution in [1.29, 1.82) is 0 Å². The van der Waals surface area contributed by atoms with Crippen LogP contribution in [0.3, 0.4) is 0 Å². The van der Waals surface area contributed by atoms with Crippen LogP contribution in [0.5, 0.6) is 0 Å². The van der Waals surface area contributed by atoms with Crippen molar-refractivity contribution in [1.82, 2.24) is 19.7 Å². The van der Waals surface area contributed by atoms with E-state index in [-0.39, 0.29) is 18.1 Å². The third-order valence-corrected chi connectivity index (χ3v) is 5.31. The van der Waals surface area contributed by atoms with Gasteiger partial charge in [-0.2, -0.15) is 18.3 Å². The van der Waals surface area contributed by atoms with E-state index < -0.39 is 11.7 Å². The number of pyridine rings is 1. The summed E-state index contributed by atoms with van der Waals surface area (Å²) < 4.78 is 47.7. The molecule has 0 bridgehead atoms. The van der Waals surface area contributed by atoms with Crippen molar-refractivity contribution in [2.24, 2.45) is 7.05 Å². The van der Waals surface area contributed by atoms with Crippen molar-refractivity contribution in [2.75, 3.05) is 19.7 Å². The van der Waals surface area contributed by atoms with E-state index in [1.807, 2.05) is 29.9 Å². The molecule has 1 atom stereocenters. The lowest BCUT2D eigenvalue weighted by atomic mass is 10.0. The molecule has 4 rings (SSSR count). The van der Waals surface area contributed by atoms with E-state index in [9.17, 15) is 13.2 Å². The normalized spacial score (nSPS) is 17.9. The maximum absolute atomic E-state index is 13.3. The number of ether oxygens (including phenoxy) is 1. The SMILES string of the molecule is Cn1nccc1CN1CCO[C@@H](c2cccc(Cc3ccccc3C(F)(F)F)n2)C1. The topological polar surface area (TPSA) is 43.2 Å². The average molecular weight is 416 g/mol. The molecule has 2 aromatic heterocycles. The largest absolute Gasteiger partial charge is 0.416 e. The molecule has 8 heteroatoms. The highest BCUT2D eigenvalue weighted by molar-refractivity contribution is 5.33. The molecule has 0 aliphatic carbocycles. The molecule has 3 aromatic rings. The maximum Gasteiger partial charge on any atom is 0.416 e. The first kappa shape index (κ1) is 20.6. The van der Waals surface area contributed by atoms with E-state index in [0.717, 1.165) is 30.5 Å². The van der Waals surface area contributed by atoms with Gasteiger partial charge in [0.05, 0.1) is 23.6 Å². The zero-order valence-electron chi connectivity index (χ0n) is 16.6. The monoisotopic (exact) mass is 416 g/mol. The van der Waals surface area contributed by atoms with Crippen LogP contribution in [0.15, 0.2) is 54.7 Å².